The topological polar surface area (TPSA) is 70.7 Å². The number of aromatic amines is 1. The Morgan fingerprint density at radius 1 is 1.36 bits per heavy atom. The number of nitrogens with one attached hydrogen (secondary N) is 2. The minimum absolute atomic E-state index is 0.154. The molecule has 2 aromatic rings. The van der Waals surface area contributed by atoms with E-state index in [1.165, 1.54) is 6.07 Å². The maximum atomic E-state index is 13.7. The van der Waals surface area contributed by atoms with Crippen molar-refractivity contribution in [3.8, 4) is 0 Å². The number of rotatable bonds is 4. The van der Waals surface area contributed by atoms with E-state index >= 15 is 0 Å². The number of nitrogens with zero attached hydrogens (tertiary/aromatic N) is 2. The average molecular weight is 304 g/mol. The van der Waals surface area contributed by atoms with Crippen LogP contribution in [0.1, 0.15) is 50.8 Å². The number of benzene rings is 1. The molecule has 5 nitrogen and oxygen atoms in total. The molecule has 1 amide bonds. The Labute approximate surface area is 129 Å². The van der Waals surface area contributed by atoms with Crippen molar-refractivity contribution in [3.63, 3.8) is 0 Å². The molecule has 1 atom stereocenters. The van der Waals surface area contributed by atoms with Gasteiger partial charge in [0.2, 0.25) is 5.91 Å². The SMILES string of the molecule is CC(C(=O)NCc1nc(C(C)(C)C)n[nH]1)c1ccccc1F. The Hall–Kier alpha value is -2.24. The van der Waals surface area contributed by atoms with E-state index in [4.69, 9.17) is 0 Å². The van der Waals surface area contributed by atoms with Gasteiger partial charge in [0.15, 0.2) is 5.82 Å². The number of hydrogen-bond acceptors (Lipinski definition) is 3. The quantitative estimate of drug-likeness (QED) is 0.912. The van der Waals surface area contributed by atoms with Crippen LogP contribution in [0.25, 0.3) is 0 Å². The summed E-state index contributed by atoms with van der Waals surface area (Å²) in [5.74, 6) is 0.0859. The van der Waals surface area contributed by atoms with Gasteiger partial charge in [-0.05, 0) is 18.6 Å². The van der Waals surface area contributed by atoms with Gasteiger partial charge in [-0.25, -0.2) is 9.37 Å². The minimum atomic E-state index is -0.564. The fraction of sp³-hybridized carbons (Fsp3) is 0.438. The summed E-state index contributed by atoms with van der Waals surface area (Å²) in [5.41, 5.74) is 0.229. The van der Waals surface area contributed by atoms with Crippen LogP contribution in [0.15, 0.2) is 24.3 Å². The number of halogens is 1. The van der Waals surface area contributed by atoms with E-state index in [2.05, 4.69) is 20.5 Å². The zero-order chi connectivity index (χ0) is 16.3. The summed E-state index contributed by atoms with van der Waals surface area (Å²) in [7, 11) is 0. The molecule has 0 saturated heterocycles. The lowest BCUT2D eigenvalue weighted by Crippen LogP contribution is -2.28. The molecule has 1 aromatic heterocycles. The average Bonchev–Trinajstić information content (AvgIpc) is 2.93. The van der Waals surface area contributed by atoms with E-state index in [1.807, 2.05) is 20.8 Å². The number of carbonyl (C=O) groups is 1. The summed E-state index contributed by atoms with van der Waals surface area (Å²) in [5, 5.41) is 9.69. The first kappa shape index (κ1) is 16.1. The van der Waals surface area contributed by atoms with Crippen molar-refractivity contribution in [1.82, 2.24) is 20.5 Å². The number of amides is 1. The van der Waals surface area contributed by atoms with Crippen molar-refractivity contribution in [2.45, 2.75) is 45.6 Å². The smallest absolute Gasteiger partial charge is 0.227 e. The van der Waals surface area contributed by atoms with Gasteiger partial charge in [0, 0.05) is 5.41 Å². The molecule has 22 heavy (non-hydrogen) atoms. The Bertz CT molecular complexity index is 660. The molecule has 0 radical (unpaired) electrons. The zero-order valence-corrected chi connectivity index (χ0v) is 13.3. The highest BCUT2D eigenvalue weighted by Gasteiger charge is 2.21. The molecule has 0 aliphatic heterocycles. The van der Waals surface area contributed by atoms with Crippen LogP contribution >= 0.6 is 0 Å². The maximum absolute atomic E-state index is 13.7. The maximum Gasteiger partial charge on any atom is 0.227 e. The number of aromatic nitrogens is 3. The van der Waals surface area contributed by atoms with Crippen LogP contribution in [0.3, 0.4) is 0 Å². The third kappa shape index (κ3) is 3.69. The molecule has 0 fully saturated rings. The molecule has 0 aliphatic rings. The predicted octanol–water partition coefficient (Wildman–Crippen LogP) is 2.66. The molecule has 0 saturated carbocycles. The third-order valence-electron chi connectivity index (χ3n) is 3.40. The van der Waals surface area contributed by atoms with Gasteiger partial charge in [-0.2, -0.15) is 5.10 Å². The van der Waals surface area contributed by atoms with E-state index < -0.39 is 5.92 Å². The van der Waals surface area contributed by atoms with E-state index in [9.17, 15) is 9.18 Å². The standard InChI is InChI=1S/C16H21FN4O/c1-10(11-7-5-6-8-12(11)17)14(22)18-9-13-19-15(21-20-13)16(2,3)4/h5-8,10H,9H2,1-4H3,(H,18,22)(H,19,20,21). The number of carbonyl (C=O) groups excluding carboxylic acids is 1. The third-order valence-corrected chi connectivity index (χ3v) is 3.40. The Morgan fingerprint density at radius 3 is 2.64 bits per heavy atom. The molecule has 6 heteroatoms. The van der Waals surface area contributed by atoms with Crippen molar-refractivity contribution < 1.29 is 9.18 Å². The number of H-pyrrole nitrogens is 1. The summed E-state index contributed by atoms with van der Waals surface area (Å²) < 4.78 is 13.7. The first-order valence-corrected chi connectivity index (χ1v) is 7.23. The van der Waals surface area contributed by atoms with Gasteiger partial charge in [-0.3, -0.25) is 9.89 Å². The Morgan fingerprint density at radius 2 is 2.05 bits per heavy atom. The van der Waals surface area contributed by atoms with Crippen molar-refractivity contribution >= 4 is 5.91 Å². The summed E-state index contributed by atoms with van der Waals surface area (Å²) in [6, 6.07) is 6.29. The number of hydrogen-bond donors (Lipinski definition) is 2. The van der Waals surface area contributed by atoms with E-state index in [1.54, 1.807) is 25.1 Å². The minimum Gasteiger partial charge on any atom is -0.348 e. The van der Waals surface area contributed by atoms with Crippen molar-refractivity contribution in [1.29, 1.82) is 0 Å². The van der Waals surface area contributed by atoms with E-state index in [0.717, 1.165) is 0 Å². The highest BCUT2D eigenvalue weighted by atomic mass is 19.1. The second-order valence-electron chi connectivity index (χ2n) is 6.32. The fourth-order valence-corrected chi connectivity index (χ4v) is 2.00. The first-order chi connectivity index (χ1) is 10.3. The molecule has 118 valence electrons. The van der Waals surface area contributed by atoms with Crippen molar-refractivity contribution in [2.75, 3.05) is 0 Å². The lowest BCUT2D eigenvalue weighted by molar-refractivity contribution is -0.122. The largest absolute Gasteiger partial charge is 0.348 e. The fourth-order valence-electron chi connectivity index (χ4n) is 2.00. The van der Waals surface area contributed by atoms with Gasteiger partial charge in [0.1, 0.15) is 11.6 Å². The molecule has 0 bridgehead atoms. The van der Waals surface area contributed by atoms with Crippen LogP contribution in [-0.4, -0.2) is 21.1 Å². The van der Waals surface area contributed by atoms with Crippen LogP contribution in [0.4, 0.5) is 4.39 Å². The van der Waals surface area contributed by atoms with Gasteiger partial charge in [0.25, 0.3) is 0 Å². The molecule has 2 N–H and O–H groups in total. The van der Waals surface area contributed by atoms with Crippen molar-refractivity contribution in [2.24, 2.45) is 0 Å². The Kier molecular flexibility index (Phi) is 4.59. The second kappa shape index (κ2) is 6.25. The van der Waals surface area contributed by atoms with Crippen LogP contribution in [0.2, 0.25) is 0 Å². The van der Waals surface area contributed by atoms with E-state index in [0.29, 0.717) is 17.2 Å². The van der Waals surface area contributed by atoms with Crippen molar-refractivity contribution in [3.05, 3.63) is 47.3 Å². The molecule has 2 rings (SSSR count). The monoisotopic (exact) mass is 304 g/mol. The summed E-state index contributed by atoms with van der Waals surface area (Å²) in [4.78, 5) is 16.5. The Balaban J connectivity index is 1.98. The molecular formula is C16H21FN4O. The van der Waals surface area contributed by atoms with Crippen LogP contribution in [0, 0.1) is 5.82 Å². The molecule has 1 unspecified atom stereocenters. The van der Waals surface area contributed by atoms with Crippen LogP contribution in [-0.2, 0) is 16.8 Å². The van der Waals surface area contributed by atoms with Crippen LogP contribution in [0.5, 0.6) is 0 Å². The normalized spacial score (nSPS) is 13.0. The van der Waals surface area contributed by atoms with Gasteiger partial charge >= 0.3 is 0 Å². The van der Waals surface area contributed by atoms with Gasteiger partial charge in [-0.1, -0.05) is 39.0 Å². The lowest BCUT2D eigenvalue weighted by Gasteiger charge is -2.13. The van der Waals surface area contributed by atoms with Gasteiger partial charge in [0.05, 0.1) is 12.5 Å². The van der Waals surface area contributed by atoms with Gasteiger partial charge < -0.3 is 5.32 Å². The molecule has 0 spiro atoms. The van der Waals surface area contributed by atoms with Crippen LogP contribution < -0.4 is 5.32 Å². The summed E-state index contributed by atoms with van der Waals surface area (Å²) in [6.07, 6.45) is 0. The molecular weight excluding hydrogens is 283 g/mol. The first-order valence-electron chi connectivity index (χ1n) is 7.23. The molecule has 0 aliphatic carbocycles. The second-order valence-corrected chi connectivity index (χ2v) is 6.32. The molecule has 1 aromatic carbocycles. The predicted molar refractivity (Wildman–Crippen MR) is 81.7 cm³/mol. The highest BCUT2D eigenvalue weighted by molar-refractivity contribution is 5.83. The summed E-state index contributed by atoms with van der Waals surface area (Å²) in [6.45, 7) is 7.95. The lowest BCUT2D eigenvalue weighted by atomic mass is 9.96. The van der Waals surface area contributed by atoms with E-state index in [-0.39, 0.29) is 23.7 Å². The zero-order valence-electron chi connectivity index (χ0n) is 13.3. The highest BCUT2D eigenvalue weighted by Crippen LogP contribution is 2.19. The van der Waals surface area contributed by atoms with Gasteiger partial charge in [-0.15, -0.1) is 0 Å². The molecule has 1 heterocycles. The summed E-state index contributed by atoms with van der Waals surface area (Å²) >= 11 is 0.